The summed E-state index contributed by atoms with van der Waals surface area (Å²) in [5, 5.41) is 0.391. The van der Waals surface area contributed by atoms with Crippen molar-refractivity contribution >= 4 is 38.8 Å². The summed E-state index contributed by atoms with van der Waals surface area (Å²) in [6.45, 7) is 0.441. The van der Waals surface area contributed by atoms with Crippen molar-refractivity contribution in [3.8, 4) is 0 Å². The molecule has 0 radical (unpaired) electrons. The Morgan fingerprint density at radius 2 is 2.22 bits per heavy atom. The molecule has 0 spiro atoms. The molecular formula is C11H13ClN2O2S2. The van der Waals surface area contributed by atoms with Gasteiger partial charge in [0.15, 0.2) is 0 Å². The van der Waals surface area contributed by atoms with E-state index >= 15 is 0 Å². The van der Waals surface area contributed by atoms with Gasteiger partial charge in [-0.05, 0) is 31.0 Å². The van der Waals surface area contributed by atoms with Gasteiger partial charge in [0.1, 0.15) is 0 Å². The third-order valence-electron chi connectivity index (χ3n) is 2.93. The van der Waals surface area contributed by atoms with Gasteiger partial charge in [-0.1, -0.05) is 29.9 Å². The third-order valence-corrected chi connectivity index (χ3v) is 5.35. The Morgan fingerprint density at radius 3 is 2.83 bits per heavy atom. The number of nitrogens with zero attached hydrogens (tertiary/aromatic N) is 1. The van der Waals surface area contributed by atoms with Crippen molar-refractivity contribution in [3.63, 3.8) is 0 Å². The fraction of sp³-hybridized carbons (Fsp3) is 0.364. The molecule has 0 aromatic heterocycles. The molecule has 1 atom stereocenters. The normalized spacial score (nSPS) is 21.1. The average Bonchev–Trinajstić information content (AvgIpc) is 2.78. The first-order chi connectivity index (χ1) is 8.43. The van der Waals surface area contributed by atoms with Gasteiger partial charge in [0, 0.05) is 11.6 Å². The molecule has 1 aliphatic rings. The lowest BCUT2D eigenvalue weighted by atomic mass is 10.2. The van der Waals surface area contributed by atoms with Crippen LogP contribution in [-0.4, -0.2) is 30.3 Å². The second kappa shape index (κ2) is 5.13. The zero-order valence-corrected chi connectivity index (χ0v) is 11.9. The number of nitrogens with two attached hydrogens (primary N) is 1. The Kier molecular flexibility index (Phi) is 3.91. The van der Waals surface area contributed by atoms with Crippen molar-refractivity contribution in [1.29, 1.82) is 0 Å². The van der Waals surface area contributed by atoms with Crippen LogP contribution in [0, 0.1) is 0 Å². The lowest BCUT2D eigenvalue weighted by Gasteiger charge is -2.23. The number of sulfonamides is 1. The van der Waals surface area contributed by atoms with Crippen molar-refractivity contribution in [3.05, 3.63) is 29.3 Å². The molecule has 98 valence electrons. The zero-order chi connectivity index (χ0) is 13.3. The van der Waals surface area contributed by atoms with E-state index in [0.717, 1.165) is 6.42 Å². The van der Waals surface area contributed by atoms with E-state index in [1.807, 2.05) is 0 Å². The summed E-state index contributed by atoms with van der Waals surface area (Å²) < 4.78 is 26.3. The van der Waals surface area contributed by atoms with E-state index in [1.165, 1.54) is 16.4 Å². The van der Waals surface area contributed by atoms with Crippen molar-refractivity contribution in [2.75, 3.05) is 6.54 Å². The fourth-order valence-corrected chi connectivity index (χ4v) is 4.36. The molecule has 1 aromatic carbocycles. The summed E-state index contributed by atoms with van der Waals surface area (Å²) in [5.74, 6) is 0. The second-order valence-corrected chi connectivity index (χ2v) is 6.93. The van der Waals surface area contributed by atoms with Gasteiger partial charge < -0.3 is 5.73 Å². The lowest BCUT2D eigenvalue weighted by Crippen LogP contribution is -2.42. The summed E-state index contributed by atoms with van der Waals surface area (Å²) in [7, 11) is -3.57. The van der Waals surface area contributed by atoms with Gasteiger partial charge >= 0.3 is 0 Å². The van der Waals surface area contributed by atoms with E-state index in [0.29, 0.717) is 18.0 Å². The van der Waals surface area contributed by atoms with Crippen molar-refractivity contribution < 1.29 is 8.42 Å². The number of thiocarbonyl (C=S) groups is 1. The van der Waals surface area contributed by atoms with E-state index in [2.05, 4.69) is 0 Å². The van der Waals surface area contributed by atoms with E-state index in [-0.39, 0.29) is 15.9 Å². The molecule has 0 aliphatic carbocycles. The first kappa shape index (κ1) is 13.7. The molecule has 0 amide bonds. The van der Waals surface area contributed by atoms with Crippen LogP contribution in [0.3, 0.4) is 0 Å². The first-order valence-corrected chi connectivity index (χ1v) is 7.72. The molecule has 1 saturated heterocycles. The van der Waals surface area contributed by atoms with E-state index < -0.39 is 10.0 Å². The van der Waals surface area contributed by atoms with Crippen LogP contribution in [0.1, 0.15) is 12.8 Å². The summed E-state index contributed by atoms with van der Waals surface area (Å²) in [6, 6.07) is 5.82. The number of hydrogen-bond donors (Lipinski definition) is 1. The maximum Gasteiger partial charge on any atom is 0.243 e. The highest BCUT2D eigenvalue weighted by Crippen LogP contribution is 2.27. The standard InChI is InChI=1S/C11H13ClN2O2S2/c12-8-3-1-4-9(7-8)18(15,16)14-6-2-5-10(14)11(13)17/h1,3-4,7,10H,2,5-6H2,(H2,13,17). The Bertz CT molecular complexity index is 574. The maximum atomic E-state index is 12.5. The van der Waals surface area contributed by atoms with Crippen LogP contribution < -0.4 is 5.73 Å². The Hall–Kier alpha value is -0.690. The van der Waals surface area contributed by atoms with Gasteiger partial charge in [-0.2, -0.15) is 4.31 Å². The van der Waals surface area contributed by atoms with Crippen LogP contribution in [0.2, 0.25) is 5.02 Å². The number of halogens is 1. The van der Waals surface area contributed by atoms with Crippen molar-refractivity contribution in [2.24, 2.45) is 5.73 Å². The Morgan fingerprint density at radius 1 is 1.50 bits per heavy atom. The average molecular weight is 305 g/mol. The van der Waals surface area contributed by atoms with Gasteiger partial charge in [0.25, 0.3) is 0 Å². The molecule has 4 nitrogen and oxygen atoms in total. The number of rotatable bonds is 3. The van der Waals surface area contributed by atoms with Crippen LogP contribution in [0.4, 0.5) is 0 Å². The minimum Gasteiger partial charge on any atom is -0.392 e. The highest BCUT2D eigenvalue weighted by atomic mass is 35.5. The minimum absolute atomic E-state index is 0.179. The molecule has 1 aromatic rings. The quantitative estimate of drug-likeness (QED) is 0.865. The molecule has 1 aliphatic heterocycles. The van der Waals surface area contributed by atoms with Gasteiger partial charge in [-0.3, -0.25) is 0 Å². The highest BCUT2D eigenvalue weighted by Gasteiger charge is 2.36. The van der Waals surface area contributed by atoms with Crippen LogP contribution >= 0.6 is 23.8 Å². The lowest BCUT2D eigenvalue weighted by molar-refractivity contribution is 0.446. The summed E-state index contributed by atoms with van der Waals surface area (Å²) in [6.07, 6.45) is 1.44. The van der Waals surface area contributed by atoms with E-state index in [4.69, 9.17) is 29.6 Å². The molecule has 7 heteroatoms. The van der Waals surface area contributed by atoms with Crippen LogP contribution in [0.15, 0.2) is 29.2 Å². The molecule has 0 bridgehead atoms. The fourth-order valence-electron chi connectivity index (χ4n) is 2.08. The topological polar surface area (TPSA) is 63.4 Å². The molecule has 1 heterocycles. The molecule has 1 fully saturated rings. The van der Waals surface area contributed by atoms with E-state index in [1.54, 1.807) is 12.1 Å². The maximum absolute atomic E-state index is 12.5. The summed E-state index contributed by atoms with van der Waals surface area (Å²) >= 11 is 10.7. The van der Waals surface area contributed by atoms with Crippen molar-refractivity contribution in [2.45, 2.75) is 23.8 Å². The van der Waals surface area contributed by atoms with Gasteiger partial charge in [0.2, 0.25) is 10.0 Å². The van der Waals surface area contributed by atoms with Crippen LogP contribution in [-0.2, 0) is 10.0 Å². The number of hydrogen-bond acceptors (Lipinski definition) is 3. The summed E-state index contributed by atoms with van der Waals surface area (Å²) in [4.78, 5) is 0.399. The third kappa shape index (κ3) is 2.51. The van der Waals surface area contributed by atoms with E-state index in [9.17, 15) is 8.42 Å². The zero-order valence-electron chi connectivity index (χ0n) is 9.54. The number of benzene rings is 1. The largest absolute Gasteiger partial charge is 0.392 e. The SMILES string of the molecule is NC(=S)C1CCCN1S(=O)(=O)c1cccc(Cl)c1. The minimum atomic E-state index is -3.57. The van der Waals surface area contributed by atoms with Gasteiger partial charge in [0.05, 0.1) is 15.9 Å². The molecule has 2 rings (SSSR count). The Balaban J connectivity index is 2.40. The van der Waals surface area contributed by atoms with Crippen LogP contribution in [0.25, 0.3) is 0 Å². The Labute approximate surface area is 117 Å². The molecule has 0 saturated carbocycles. The van der Waals surface area contributed by atoms with Gasteiger partial charge in [-0.25, -0.2) is 8.42 Å². The van der Waals surface area contributed by atoms with Gasteiger partial charge in [-0.15, -0.1) is 0 Å². The smallest absolute Gasteiger partial charge is 0.243 e. The summed E-state index contributed by atoms with van der Waals surface area (Å²) in [5.41, 5.74) is 5.59. The predicted molar refractivity (Wildman–Crippen MR) is 75.2 cm³/mol. The van der Waals surface area contributed by atoms with Crippen LogP contribution in [0.5, 0.6) is 0 Å². The first-order valence-electron chi connectivity index (χ1n) is 5.49. The monoisotopic (exact) mass is 304 g/mol. The highest BCUT2D eigenvalue weighted by molar-refractivity contribution is 7.89. The predicted octanol–water partition coefficient (Wildman–Crippen LogP) is 1.78. The molecule has 18 heavy (non-hydrogen) atoms. The molecular weight excluding hydrogens is 292 g/mol. The second-order valence-electron chi connectivity index (χ2n) is 4.13. The van der Waals surface area contributed by atoms with Crippen molar-refractivity contribution in [1.82, 2.24) is 4.31 Å². The molecule has 2 N–H and O–H groups in total. The molecule has 1 unspecified atom stereocenters.